The van der Waals surface area contributed by atoms with Crippen LogP contribution in [0.3, 0.4) is 0 Å². The number of carbonyl (C=O) groups excluding carboxylic acids is 2. The summed E-state index contributed by atoms with van der Waals surface area (Å²) in [5.74, 6) is 0.0250. The maximum absolute atomic E-state index is 11.8. The van der Waals surface area contributed by atoms with E-state index in [0.717, 1.165) is 4.47 Å². The summed E-state index contributed by atoms with van der Waals surface area (Å²) >= 11 is 3.30. The molecule has 0 unspecified atom stereocenters. The lowest BCUT2D eigenvalue weighted by atomic mass is 10.2. The molecular weight excluding hydrogens is 352 g/mol. The summed E-state index contributed by atoms with van der Waals surface area (Å²) in [6.45, 7) is 2.04. The number of halogens is 1. The van der Waals surface area contributed by atoms with E-state index in [1.807, 2.05) is 0 Å². The van der Waals surface area contributed by atoms with Gasteiger partial charge in [-0.3, -0.25) is 9.59 Å². The zero-order valence-electron chi connectivity index (χ0n) is 12.0. The molecule has 7 heteroatoms. The molecule has 0 aliphatic carbocycles. The molecule has 2 aromatic rings. The van der Waals surface area contributed by atoms with Gasteiger partial charge in [-0.1, -0.05) is 21.1 Å². The lowest BCUT2D eigenvalue weighted by Gasteiger charge is -2.05. The third-order valence-electron chi connectivity index (χ3n) is 2.78. The summed E-state index contributed by atoms with van der Waals surface area (Å²) in [7, 11) is 0. The zero-order chi connectivity index (χ0) is 15.9. The van der Waals surface area contributed by atoms with Crippen LogP contribution in [-0.4, -0.2) is 23.6 Å². The monoisotopic (exact) mass is 366 g/mol. The van der Waals surface area contributed by atoms with Crippen LogP contribution in [0.5, 0.6) is 0 Å². The summed E-state index contributed by atoms with van der Waals surface area (Å²) in [5.41, 5.74) is 1.10. The molecule has 1 N–H and O–H groups in total. The summed E-state index contributed by atoms with van der Waals surface area (Å²) in [6, 6.07) is 8.66. The lowest BCUT2D eigenvalue weighted by Crippen LogP contribution is -2.26. The molecule has 6 nitrogen and oxygen atoms in total. The molecule has 0 fully saturated rings. The predicted molar refractivity (Wildman–Crippen MR) is 82.1 cm³/mol. The van der Waals surface area contributed by atoms with Gasteiger partial charge in [0.05, 0.1) is 6.42 Å². The van der Waals surface area contributed by atoms with Crippen molar-refractivity contribution in [2.45, 2.75) is 20.0 Å². The number of aryl methyl sites for hydroxylation is 1. The topological polar surface area (TPSA) is 81.4 Å². The number of hydrogen-bond donors (Lipinski definition) is 1. The lowest BCUT2D eigenvalue weighted by molar-refractivity contribution is -0.144. The van der Waals surface area contributed by atoms with Gasteiger partial charge in [-0.2, -0.15) is 0 Å². The second-order valence-corrected chi connectivity index (χ2v) is 5.52. The molecule has 0 bridgehead atoms. The molecule has 1 aromatic carbocycles. The molecule has 0 radical (unpaired) electrons. The Labute approximate surface area is 135 Å². The number of benzene rings is 1. The summed E-state index contributed by atoms with van der Waals surface area (Å²) in [5, 5.41) is 6.38. The minimum atomic E-state index is -0.406. The van der Waals surface area contributed by atoms with Crippen LogP contribution in [0.15, 0.2) is 39.3 Å². The molecule has 22 heavy (non-hydrogen) atoms. The van der Waals surface area contributed by atoms with Crippen LogP contribution in [-0.2, 0) is 16.1 Å². The van der Waals surface area contributed by atoms with Gasteiger partial charge in [-0.05, 0) is 31.2 Å². The molecule has 116 valence electrons. The molecule has 1 aromatic heterocycles. The molecule has 2 rings (SSSR count). The molecule has 1 heterocycles. The highest BCUT2D eigenvalue weighted by Gasteiger charge is 2.08. The van der Waals surface area contributed by atoms with Crippen LogP contribution in [0, 0.1) is 6.92 Å². The van der Waals surface area contributed by atoms with E-state index in [4.69, 9.17) is 9.26 Å². The molecule has 0 saturated carbocycles. The number of nitrogens with zero attached hydrogens (tertiary/aromatic N) is 1. The Hall–Kier alpha value is -2.15. The maximum atomic E-state index is 11.8. The summed E-state index contributed by atoms with van der Waals surface area (Å²) in [6.07, 6.45) is 0.0963. The van der Waals surface area contributed by atoms with Gasteiger partial charge in [0, 0.05) is 22.6 Å². The Morgan fingerprint density at radius 2 is 2.05 bits per heavy atom. The summed E-state index contributed by atoms with van der Waals surface area (Å²) < 4.78 is 10.8. The largest absolute Gasteiger partial charge is 0.459 e. The quantitative estimate of drug-likeness (QED) is 0.794. The fourth-order valence-electron chi connectivity index (χ4n) is 1.69. The van der Waals surface area contributed by atoms with Crippen molar-refractivity contribution in [2.75, 3.05) is 6.54 Å². The van der Waals surface area contributed by atoms with Crippen molar-refractivity contribution in [3.05, 3.63) is 51.8 Å². The third kappa shape index (κ3) is 5.00. The highest BCUT2D eigenvalue weighted by Crippen LogP contribution is 2.10. The van der Waals surface area contributed by atoms with Crippen LogP contribution in [0.25, 0.3) is 0 Å². The highest BCUT2D eigenvalue weighted by atomic mass is 79.9. The first-order valence-corrected chi connectivity index (χ1v) is 7.45. The number of aromatic nitrogens is 1. The Morgan fingerprint density at radius 3 is 2.68 bits per heavy atom. The number of amides is 1. The minimum Gasteiger partial charge on any atom is -0.459 e. The normalized spacial score (nSPS) is 10.3. The van der Waals surface area contributed by atoms with Crippen LogP contribution in [0.4, 0.5) is 0 Å². The Kier molecular flexibility index (Phi) is 5.71. The molecule has 0 aliphatic rings. The summed E-state index contributed by atoms with van der Waals surface area (Å²) in [4.78, 5) is 23.4. The molecular formula is C15H15BrN2O4. The number of hydrogen-bond acceptors (Lipinski definition) is 5. The zero-order valence-corrected chi connectivity index (χ0v) is 13.6. The molecule has 0 aliphatic heterocycles. The smallest absolute Gasteiger partial charge is 0.307 e. The van der Waals surface area contributed by atoms with Gasteiger partial charge in [0.1, 0.15) is 18.1 Å². The van der Waals surface area contributed by atoms with Crippen molar-refractivity contribution in [2.24, 2.45) is 0 Å². The SMILES string of the molecule is Cc1cc(COC(=O)CCNC(=O)c2ccc(Br)cc2)no1. The van der Waals surface area contributed by atoms with Gasteiger partial charge in [-0.25, -0.2) is 0 Å². The first-order valence-electron chi connectivity index (χ1n) is 6.66. The Balaban J connectivity index is 1.68. The van der Waals surface area contributed by atoms with Gasteiger partial charge in [0.25, 0.3) is 5.91 Å². The molecule has 1 amide bonds. The number of nitrogens with one attached hydrogen (secondary N) is 1. The van der Waals surface area contributed by atoms with Crippen molar-refractivity contribution in [3.8, 4) is 0 Å². The van der Waals surface area contributed by atoms with E-state index in [0.29, 0.717) is 17.0 Å². The van der Waals surface area contributed by atoms with Crippen molar-refractivity contribution in [3.63, 3.8) is 0 Å². The van der Waals surface area contributed by atoms with E-state index >= 15 is 0 Å². The fraction of sp³-hybridized carbons (Fsp3) is 0.267. The first kappa shape index (κ1) is 16.2. The molecule has 0 spiro atoms. The van der Waals surface area contributed by atoms with Crippen molar-refractivity contribution in [1.29, 1.82) is 0 Å². The van der Waals surface area contributed by atoms with Crippen LogP contribution in [0.2, 0.25) is 0 Å². The second kappa shape index (κ2) is 7.74. The first-order chi connectivity index (χ1) is 10.5. The van der Waals surface area contributed by atoms with Crippen LogP contribution < -0.4 is 5.32 Å². The van der Waals surface area contributed by atoms with E-state index < -0.39 is 5.97 Å². The van der Waals surface area contributed by atoms with Crippen molar-refractivity contribution < 1.29 is 18.8 Å². The molecule has 0 saturated heterocycles. The van der Waals surface area contributed by atoms with Gasteiger partial charge >= 0.3 is 5.97 Å². The number of esters is 1. The van der Waals surface area contributed by atoms with Crippen LogP contribution in [0.1, 0.15) is 28.2 Å². The third-order valence-corrected chi connectivity index (χ3v) is 3.31. The van der Waals surface area contributed by atoms with Crippen molar-refractivity contribution >= 4 is 27.8 Å². The molecule has 0 atom stereocenters. The highest BCUT2D eigenvalue weighted by molar-refractivity contribution is 9.10. The van der Waals surface area contributed by atoms with Gasteiger partial charge in [-0.15, -0.1) is 0 Å². The average Bonchev–Trinajstić information content (AvgIpc) is 2.91. The van der Waals surface area contributed by atoms with Gasteiger partial charge in [0.15, 0.2) is 0 Å². The number of rotatable bonds is 6. The standard InChI is InChI=1S/C15H15BrN2O4/c1-10-8-13(18-22-10)9-21-14(19)6-7-17-15(20)11-2-4-12(16)5-3-11/h2-5,8H,6-7,9H2,1H3,(H,17,20). The van der Waals surface area contributed by atoms with Crippen LogP contribution >= 0.6 is 15.9 Å². The van der Waals surface area contributed by atoms with Gasteiger partial charge < -0.3 is 14.6 Å². The van der Waals surface area contributed by atoms with E-state index in [2.05, 4.69) is 26.4 Å². The van der Waals surface area contributed by atoms with E-state index in [1.54, 1.807) is 37.3 Å². The van der Waals surface area contributed by atoms with E-state index in [-0.39, 0.29) is 25.5 Å². The Bertz CT molecular complexity index is 652. The maximum Gasteiger partial charge on any atom is 0.307 e. The van der Waals surface area contributed by atoms with Crippen molar-refractivity contribution in [1.82, 2.24) is 10.5 Å². The second-order valence-electron chi connectivity index (χ2n) is 4.60. The Morgan fingerprint density at radius 1 is 1.32 bits per heavy atom. The predicted octanol–water partition coefficient (Wildman–Crippen LogP) is 2.61. The number of ether oxygens (including phenoxy) is 1. The van der Waals surface area contributed by atoms with Gasteiger partial charge in [0.2, 0.25) is 0 Å². The fourth-order valence-corrected chi connectivity index (χ4v) is 1.96. The minimum absolute atomic E-state index is 0.0663. The average molecular weight is 367 g/mol. The van der Waals surface area contributed by atoms with E-state index in [1.165, 1.54) is 0 Å². The number of carbonyl (C=O) groups is 2. The van der Waals surface area contributed by atoms with E-state index in [9.17, 15) is 9.59 Å².